The Morgan fingerprint density at radius 3 is 2.67 bits per heavy atom. The molecule has 0 bridgehead atoms. The molecule has 1 aromatic heterocycles. The van der Waals surface area contributed by atoms with E-state index in [4.69, 9.17) is 11.6 Å². The Labute approximate surface area is 105 Å². The fourth-order valence-corrected chi connectivity index (χ4v) is 1.87. The van der Waals surface area contributed by atoms with Gasteiger partial charge in [0, 0.05) is 19.2 Å². The second-order valence-corrected chi connectivity index (χ2v) is 4.08. The number of likely N-dealkylation sites (tertiary alicyclic amines) is 1. The van der Waals surface area contributed by atoms with Crippen molar-refractivity contribution >= 4 is 23.5 Å². The number of anilines is 3. The summed E-state index contributed by atoms with van der Waals surface area (Å²) in [5.74, 6) is 6.28. The molecule has 6 N–H and O–H groups in total. The lowest BCUT2D eigenvalue weighted by molar-refractivity contribution is -0.128. The number of aromatic nitrogens is 2. The normalized spacial score (nSPS) is 14.6. The fraction of sp³-hybridized carbons (Fsp3) is 0.500. The zero-order valence-electron chi connectivity index (χ0n) is 10.0. The van der Waals surface area contributed by atoms with E-state index in [1.54, 1.807) is 6.07 Å². The highest BCUT2D eigenvalue weighted by atomic mass is 16.2. The van der Waals surface area contributed by atoms with E-state index in [1.165, 1.54) is 0 Å². The lowest BCUT2D eigenvalue weighted by Gasteiger charge is -2.15. The highest BCUT2D eigenvalue weighted by molar-refractivity contribution is 5.81. The van der Waals surface area contributed by atoms with E-state index < -0.39 is 0 Å². The van der Waals surface area contributed by atoms with Crippen LogP contribution in [0.25, 0.3) is 0 Å². The van der Waals surface area contributed by atoms with Gasteiger partial charge in [-0.05, 0) is 12.8 Å². The number of carbonyl (C=O) groups excluding carboxylic acids is 1. The molecule has 0 saturated carbocycles. The molecular formula is C10H17N7O. The SMILES string of the molecule is NNc1cc(NCC(=O)N2CCCC2)nc(N)n1. The smallest absolute Gasteiger partial charge is 0.241 e. The average molecular weight is 251 g/mol. The number of hydrazine groups is 1. The zero-order chi connectivity index (χ0) is 13.0. The molecule has 1 saturated heterocycles. The summed E-state index contributed by atoms with van der Waals surface area (Å²) < 4.78 is 0. The molecule has 0 unspecified atom stereocenters. The molecule has 98 valence electrons. The molecule has 1 aliphatic heterocycles. The minimum atomic E-state index is 0.0620. The van der Waals surface area contributed by atoms with Gasteiger partial charge in [0.15, 0.2) is 0 Å². The molecule has 1 amide bonds. The molecule has 0 radical (unpaired) electrons. The molecule has 2 rings (SSSR count). The number of amides is 1. The van der Waals surface area contributed by atoms with Crippen LogP contribution < -0.4 is 22.3 Å². The number of nitrogens with one attached hydrogen (secondary N) is 2. The van der Waals surface area contributed by atoms with Gasteiger partial charge >= 0.3 is 0 Å². The number of nitrogens with two attached hydrogens (primary N) is 2. The standard InChI is InChI=1S/C10H17N7O/c11-10-14-7(5-8(15-10)16-12)13-6-9(18)17-3-1-2-4-17/h5H,1-4,6,12H2,(H4,11,13,14,15,16). The number of rotatable bonds is 4. The highest BCUT2D eigenvalue weighted by Crippen LogP contribution is 2.12. The first kappa shape index (κ1) is 12.4. The van der Waals surface area contributed by atoms with Crippen LogP contribution in [0.2, 0.25) is 0 Å². The Balaban J connectivity index is 1.92. The second-order valence-electron chi connectivity index (χ2n) is 4.08. The van der Waals surface area contributed by atoms with E-state index in [1.807, 2.05) is 4.90 Å². The van der Waals surface area contributed by atoms with Crippen molar-refractivity contribution in [3.05, 3.63) is 6.07 Å². The zero-order valence-corrected chi connectivity index (χ0v) is 10.0. The molecule has 0 aromatic carbocycles. The van der Waals surface area contributed by atoms with Gasteiger partial charge in [-0.3, -0.25) is 4.79 Å². The van der Waals surface area contributed by atoms with Crippen LogP contribution >= 0.6 is 0 Å². The van der Waals surface area contributed by atoms with Crippen LogP contribution in [0.5, 0.6) is 0 Å². The van der Waals surface area contributed by atoms with Gasteiger partial charge in [0.2, 0.25) is 11.9 Å². The second kappa shape index (κ2) is 5.50. The van der Waals surface area contributed by atoms with E-state index in [-0.39, 0.29) is 18.4 Å². The Bertz CT molecular complexity index is 430. The Hall–Kier alpha value is -2.09. The van der Waals surface area contributed by atoms with Gasteiger partial charge in [0.05, 0.1) is 6.54 Å². The lowest BCUT2D eigenvalue weighted by Crippen LogP contribution is -2.33. The molecule has 0 atom stereocenters. The Morgan fingerprint density at radius 2 is 2.00 bits per heavy atom. The van der Waals surface area contributed by atoms with Crippen LogP contribution in [0.15, 0.2) is 6.07 Å². The topological polar surface area (TPSA) is 122 Å². The molecule has 1 aliphatic rings. The molecule has 1 aromatic rings. The molecule has 2 heterocycles. The Morgan fingerprint density at radius 1 is 1.33 bits per heavy atom. The largest absolute Gasteiger partial charge is 0.368 e. The first-order valence-corrected chi connectivity index (χ1v) is 5.82. The average Bonchev–Trinajstić information content (AvgIpc) is 2.89. The van der Waals surface area contributed by atoms with Crippen LogP contribution in [0.3, 0.4) is 0 Å². The summed E-state index contributed by atoms with van der Waals surface area (Å²) in [4.78, 5) is 21.5. The summed E-state index contributed by atoms with van der Waals surface area (Å²) in [6, 6.07) is 1.59. The number of hydrogen-bond acceptors (Lipinski definition) is 7. The van der Waals surface area contributed by atoms with Crippen LogP contribution in [0.4, 0.5) is 17.6 Å². The van der Waals surface area contributed by atoms with Gasteiger partial charge in [-0.15, -0.1) is 0 Å². The number of nitrogen functional groups attached to an aromatic ring is 2. The Kier molecular flexibility index (Phi) is 3.78. The van der Waals surface area contributed by atoms with Gasteiger partial charge in [0.1, 0.15) is 11.6 Å². The van der Waals surface area contributed by atoms with Gasteiger partial charge in [-0.25, -0.2) is 5.84 Å². The van der Waals surface area contributed by atoms with Gasteiger partial charge in [0.25, 0.3) is 0 Å². The molecule has 1 fully saturated rings. The van der Waals surface area contributed by atoms with E-state index in [9.17, 15) is 4.79 Å². The minimum Gasteiger partial charge on any atom is -0.368 e. The maximum atomic E-state index is 11.8. The summed E-state index contributed by atoms with van der Waals surface area (Å²) in [5.41, 5.74) is 7.89. The lowest BCUT2D eigenvalue weighted by atomic mass is 10.4. The van der Waals surface area contributed by atoms with Crippen LogP contribution in [0.1, 0.15) is 12.8 Å². The molecule has 8 heteroatoms. The highest BCUT2D eigenvalue weighted by Gasteiger charge is 2.17. The van der Waals surface area contributed by atoms with Gasteiger partial charge < -0.3 is 21.4 Å². The molecule has 0 aliphatic carbocycles. The van der Waals surface area contributed by atoms with Crippen LogP contribution in [0, 0.1) is 0 Å². The third-order valence-corrected chi connectivity index (χ3v) is 2.77. The van der Waals surface area contributed by atoms with E-state index in [0.717, 1.165) is 25.9 Å². The summed E-state index contributed by atoms with van der Waals surface area (Å²) in [6.45, 7) is 1.87. The van der Waals surface area contributed by atoms with Gasteiger partial charge in [-0.2, -0.15) is 9.97 Å². The molecule has 18 heavy (non-hydrogen) atoms. The van der Waals surface area contributed by atoms with Crippen molar-refractivity contribution in [1.82, 2.24) is 14.9 Å². The van der Waals surface area contributed by atoms with Crippen molar-refractivity contribution in [3.63, 3.8) is 0 Å². The summed E-state index contributed by atoms with van der Waals surface area (Å²) in [6.07, 6.45) is 2.15. The number of carbonyl (C=O) groups is 1. The van der Waals surface area contributed by atoms with Crippen LogP contribution in [-0.2, 0) is 4.79 Å². The molecule has 8 nitrogen and oxygen atoms in total. The fourth-order valence-electron chi connectivity index (χ4n) is 1.87. The van der Waals surface area contributed by atoms with Crippen molar-refractivity contribution in [1.29, 1.82) is 0 Å². The summed E-state index contributed by atoms with van der Waals surface area (Å²) >= 11 is 0. The quantitative estimate of drug-likeness (QED) is 0.415. The van der Waals surface area contributed by atoms with E-state index >= 15 is 0 Å². The molecular weight excluding hydrogens is 234 g/mol. The third-order valence-electron chi connectivity index (χ3n) is 2.77. The monoisotopic (exact) mass is 251 g/mol. The number of nitrogens with zero attached hydrogens (tertiary/aromatic N) is 3. The predicted molar refractivity (Wildman–Crippen MR) is 68.6 cm³/mol. The van der Waals surface area contributed by atoms with Crippen molar-refractivity contribution < 1.29 is 4.79 Å². The number of hydrogen-bond donors (Lipinski definition) is 4. The third kappa shape index (κ3) is 2.98. The van der Waals surface area contributed by atoms with Crippen molar-refractivity contribution in [2.75, 3.05) is 36.1 Å². The van der Waals surface area contributed by atoms with Crippen molar-refractivity contribution in [2.45, 2.75) is 12.8 Å². The van der Waals surface area contributed by atoms with Crippen molar-refractivity contribution in [3.8, 4) is 0 Å². The van der Waals surface area contributed by atoms with Gasteiger partial charge in [-0.1, -0.05) is 0 Å². The first-order valence-electron chi connectivity index (χ1n) is 5.82. The maximum absolute atomic E-state index is 11.8. The summed E-state index contributed by atoms with van der Waals surface area (Å²) in [7, 11) is 0. The van der Waals surface area contributed by atoms with E-state index in [0.29, 0.717) is 11.6 Å². The van der Waals surface area contributed by atoms with E-state index in [2.05, 4.69) is 20.7 Å². The minimum absolute atomic E-state index is 0.0620. The summed E-state index contributed by atoms with van der Waals surface area (Å²) in [5, 5.41) is 2.92. The predicted octanol–water partition coefficient (Wildman–Crippen LogP) is -0.621. The maximum Gasteiger partial charge on any atom is 0.241 e. The van der Waals surface area contributed by atoms with Crippen molar-refractivity contribution in [2.24, 2.45) is 5.84 Å². The van der Waals surface area contributed by atoms with Crippen LogP contribution in [-0.4, -0.2) is 40.4 Å². The first-order chi connectivity index (χ1) is 8.69. The molecule has 0 spiro atoms.